The van der Waals surface area contributed by atoms with Crippen molar-refractivity contribution in [2.24, 2.45) is 17.3 Å². The van der Waals surface area contributed by atoms with Crippen LogP contribution in [0.2, 0.25) is 0 Å². The van der Waals surface area contributed by atoms with Gasteiger partial charge in [0.15, 0.2) is 0 Å². The maximum atomic E-state index is 12.4. The molecule has 2 fully saturated rings. The number of aryl methyl sites for hydroxylation is 1. The number of hydrogen-bond acceptors (Lipinski definition) is 2. The number of carbonyl (C=O) groups excluding carboxylic acids is 1. The van der Waals surface area contributed by atoms with Gasteiger partial charge in [-0.15, -0.1) is 0 Å². The highest BCUT2D eigenvalue weighted by molar-refractivity contribution is 5.87. The van der Waals surface area contributed by atoms with Gasteiger partial charge in [-0.05, 0) is 73.1 Å². The predicted octanol–water partition coefficient (Wildman–Crippen LogP) is 4.18. The Morgan fingerprint density at radius 3 is 2.73 bits per heavy atom. The normalized spacial score (nSPS) is 36.5. The van der Waals surface area contributed by atoms with Crippen LogP contribution in [0, 0.1) is 17.3 Å². The summed E-state index contributed by atoms with van der Waals surface area (Å²) in [6, 6.07) is 7.04. The molecule has 0 amide bonds. The number of hydrogen-bond donors (Lipinski definition) is 0. The molecule has 3 aliphatic rings. The number of anilines is 1. The molecule has 2 nitrogen and oxygen atoms in total. The smallest absolute Gasteiger partial charge is 0.139 e. The third kappa shape index (κ3) is 1.89. The summed E-state index contributed by atoms with van der Waals surface area (Å²) in [5.74, 6) is 2.62. The lowest BCUT2D eigenvalue weighted by Crippen LogP contribution is -2.42. The SMILES string of the molecule is CN(C)c1ccc2c(c1)CC[C@@H]1[C@@H]2CC[C@]2(C)C(=O)CC[C@@H]12. The molecular weight excluding hydrogens is 270 g/mol. The fraction of sp³-hybridized carbons (Fsp3) is 0.650. The van der Waals surface area contributed by atoms with Crippen molar-refractivity contribution in [3.63, 3.8) is 0 Å². The highest BCUT2D eigenvalue weighted by Gasteiger charge is 2.54. The first-order chi connectivity index (χ1) is 10.5. The summed E-state index contributed by atoms with van der Waals surface area (Å²) in [5, 5.41) is 0. The van der Waals surface area contributed by atoms with Crippen molar-refractivity contribution < 1.29 is 4.79 Å². The number of benzene rings is 1. The summed E-state index contributed by atoms with van der Waals surface area (Å²) in [6.07, 6.45) is 6.75. The summed E-state index contributed by atoms with van der Waals surface area (Å²) in [6.45, 7) is 2.26. The van der Waals surface area contributed by atoms with E-state index in [1.165, 1.54) is 24.9 Å². The van der Waals surface area contributed by atoms with Crippen molar-refractivity contribution in [1.82, 2.24) is 0 Å². The van der Waals surface area contributed by atoms with Crippen LogP contribution in [0.5, 0.6) is 0 Å². The van der Waals surface area contributed by atoms with Crippen LogP contribution in [0.3, 0.4) is 0 Å². The maximum Gasteiger partial charge on any atom is 0.139 e. The lowest BCUT2D eigenvalue weighted by Gasteiger charge is -2.48. The molecule has 0 unspecified atom stereocenters. The Kier molecular flexibility index (Phi) is 3.15. The Balaban J connectivity index is 1.69. The van der Waals surface area contributed by atoms with Crippen molar-refractivity contribution >= 4 is 11.5 Å². The molecule has 0 N–H and O–H groups in total. The highest BCUT2D eigenvalue weighted by atomic mass is 16.1. The van der Waals surface area contributed by atoms with Crippen LogP contribution in [0.15, 0.2) is 18.2 Å². The maximum absolute atomic E-state index is 12.4. The molecule has 0 aromatic heterocycles. The zero-order valence-corrected chi connectivity index (χ0v) is 14.1. The van der Waals surface area contributed by atoms with Gasteiger partial charge >= 0.3 is 0 Å². The fourth-order valence-corrected chi connectivity index (χ4v) is 5.62. The Morgan fingerprint density at radius 2 is 1.95 bits per heavy atom. The minimum atomic E-state index is 0.00223. The Labute approximate surface area is 133 Å². The first kappa shape index (κ1) is 14.3. The van der Waals surface area contributed by atoms with Crippen molar-refractivity contribution in [3.05, 3.63) is 29.3 Å². The topological polar surface area (TPSA) is 20.3 Å². The first-order valence-electron chi connectivity index (χ1n) is 8.84. The van der Waals surface area contributed by atoms with Crippen LogP contribution in [0.25, 0.3) is 0 Å². The molecule has 0 bridgehead atoms. The van der Waals surface area contributed by atoms with Crippen LogP contribution >= 0.6 is 0 Å². The molecule has 1 aromatic carbocycles. The van der Waals surface area contributed by atoms with E-state index in [2.05, 4.69) is 44.1 Å². The largest absolute Gasteiger partial charge is 0.378 e. The van der Waals surface area contributed by atoms with Crippen LogP contribution in [-0.2, 0) is 11.2 Å². The van der Waals surface area contributed by atoms with E-state index in [0.29, 0.717) is 17.6 Å². The molecule has 118 valence electrons. The molecular formula is C20H27NO. The Hall–Kier alpha value is -1.31. The third-order valence-electron chi connectivity index (χ3n) is 6.94. The molecule has 3 aliphatic carbocycles. The van der Waals surface area contributed by atoms with Crippen molar-refractivity contribution in [2.75, 3.05) is 19.0 Å². The number of ketones is 1. The minimum Gasteiger partial charge on any atom is -0.378 e. The highest BCUT2D eigenvalue weighted by Crippen LogP contribution is 2.59. The molecule has 0 spiro atoms. The van der Waals surface area contributed by atoms with E-state index in [-0.39, 0.29) is 5.41 Å². The first-order valence-corrected chi connectivity index (χ1v) is 8.84. The van der Waals surface area contributed by atoms with Gasteiger partial charge in [-0.25, -0.2) is 0 Å². The van der Waals surface area contributed by atoms with Crippen LogP contribution in [0.1, 0.15) is 56.1 Å². The lowest BCUT2D eigenvalue weighted by molar-refractivity contribution is -0.129. The number of nitrogens with zero attached hydrogens (tertiary/aromatic N) is 1. The molecule has 0 saturated heterocycles. The summed E-state index contributed by atoms with van der Waals surface area (Å²) < 4.78 is 0. The number of Topliss-reactive ketones (excluding diaryl/α,β-unsaturated/α-hetero) is 1. The second-order valence-corrected chi connectivity index (χ2v) is 8.11. The molecule has 1 aromatic rings. The second kappa shape index (κ2) is 4.84. The van der Waals surface area contributed by atoms with E-state index in [1.807, 2.05) is 0 Å². The Morgan fingerprint density at radius 1 is 1.14 bits per heavy atom. The average molecular weight is 297 g/mol. The number of carbonyl (C=O) groups is 1. The summed E-state index contributed by atoms with van der Waals surface area (Å²) in [4.78, 5) is 14.6. The van der Waals surface area contributed by atoms with Gasteiger partial charge in [0.1, 0.15) is 5.78 Å². The lowest BCUT2D eigenvalue weighted by atomic mass is 9.55. The average Bonchev–Trinajstić information content (AvgIpc) is 2.82. The van der Waals surface area contributed by atoms with Gasteiger partial charge in [0.25, 0.3) is 0 Å². The van der Waals surface area contributed by atoms with Crippen LogP contribution in [-0.4, -0.2) is 19.9 Å². The van der Waals surface area contributed by atoms with Gasteiger partial charge in [-0.2, -0.15) is 0 Å². The predicted molar refractivity (Wildman–Crippen MR) is 90.4 cm³/mol. The van der Waals surface area contributed by atoms with E-state index in [9.17, 15) is 4.79 Å². The summed E-state index contributed by atoms with van der Waals surface area (Å²) in [5.41, 5.74) is 4.46. The quantitative estimate of drug-likeness (QED) is 0.775. The minimum absolute atomic E-state index is 0.00223. The molecule has 22 heavy (non-hydrogen) atoms. The zero-order chi connectivity index (χ0) is 15.5. The Bertz CT molecular complexity index is 620. The standard InChI is InChI=1S/C20H27NO/c1-20-11-10-16-15-7-5-14(21(2)3)12-13(15)4-6-17(16)18(20)8-9-19(20)22/h5,7,12,16-18H,4,6,8-11H2,1-3H3/t16-,17-,18+,20+/m1/s1. The fourth-order valence-electron chi connectivity index (χ4n) is 5.62. The molecule has 2 heteroatoms. The molecule has 0 heterocycles. The monoisotopic (exact) mass is 297 g/mol. The second-order valence-electron chi connectivity index (χ2n) is 8.11. The molecule has 4 rings (SSSR count). The van der Waals surface area contributed by atoms with Crippen LogP contribution in [0.4, 0.5) is 5.69 Å². The summed E-state index contributed by atoms with van der Waals surface area (Å²) >= 11 is 0. The number of fused-ring (bicyclic) bond motifs is 5. The van der Waals surface area contributed by atoms with E-state index in [4.69, 9.17) is 0 Å². The molecule has 0 aliphatic heterocycles. The van der Waals surface area contributed by atoms with E-state index in [0.717, 1.165) is 25.2 Å². The van der Waals surface area contributed by atoms with E-state index < -0.39 is 0 Å². The van der Waals surface area contributed by atoms with Gasteiger partial charge in [0.2, 0.25) is 0 Å². The molecule has 2 saturated carbocycles. The van der Waals surface area contributed by atoms with Gasteiger partial charge in [0.05, 0.1) is 0 Å². The number of rotatable bonds is 1. The molecule has 0 radical (unpaired) electrons. The van der Waals surface area contributed by atoms with E-state index >= 15 is 0 Å². The summed E-state index contributed by atoms with van der Waals surface area (Å²) in [7, 11) is 4.23. The van der Waals surface area contributed by atoms with Gasteiger partial charge in [-0.1, -0.05) is 13.0 Å². The van der Waals surface area contributed by atoms with Crippen LogP contribution < -0.4 is 4.90 Å². The van der Waals surface area contributed by atoms with Crippen molar-refractivity contribution in [1.29, 1.82) is 0 Å². The van der Waals surface area contributed by atoms with Crippen molar-refractivity contribution in [2.45, 2.75) is 51.4 Å². The molecule has 4 atom stereocenters. The van der Waals surface area contributed by atoms with Crippen molar-refractivity contribution in [3.8, 4) is 0 Å². The third-order valence-corrected chi connectivity index (χ3v) is 6.94. The van der Waals surface area contributed by atoms with Gasteiger partial charge in [0, 0.05) is 31.6 Å². The van der Waals surface area contributed by atoms with Gasteiger partial charge in [-0.3, -0.25) is 4.79 Å². The van der Waals surface area contributed by atoms with Gasteiger partial charge < -0.3 is 4.90 Å². The zero-order valence-electron chi connectivity index (χ0n) is 14.1. The van der Waals surface area contributed by atoms with E-state index in [1.54, 1.807) is 11.1 Å².